The summed E-state index contributed by atoms with van der Waals surface area (Å²) >= 11 is 7.24. The van der Waals surface area contributed by atoms with Crippen LogP contribution in [0.15, 0.2) is 41.9 Å². The number of thiazole rings is 1. The third-order valence-electron chi connectivity index (χ3n) is 2.91. The monoisotopic (exact) mass is 318 g/mol. The summed E-state index contributed by atoms with van der Waals surface area (Å²) in [7, 11) is 1.73. The highest BCUT2D eigenvalue weighted by molar-refractivity contribution is 7.13. The summed E-state index contributed by atoms with van der Waals surface area (Å²) in [5.74, 6) is -0.236. The van der Waals surface area contributed by atoms with Crippen LogP contribution in [0.2, 0.25) is 5.02 Å². The van der Waals surface area contributed by atoms with E-state index in [2.05, 4.69) is 15.4 Å². The first-order valence-electron chi connectivity index (χ1n) is 6.14. The van der Waals surface area contributed by atoms with E-state index in [-0.39, 0.29) is 5.91 Å². The van der Waals surface area contributed by atoms with Crippen LogP contribution in [0.1, 0.15) is 10.5 Å². The van der Waals surface area contributed by atoms with Crippen molar-refractivity contribution in [1.82, 2.24) is 14.8 Å². The molecule has 0 atom stereocenters. The van der Waals surface area contributed by atoms with Crippen molar-refractivity contribution in [3.05, 3.63) is 52.6 Å². The fraction of sp³-hybridized carbons (Fsp3) is 0.0714. The van der Waals surface area contributed by atoms with Crippen molar-refractivity contribution in [2.75, 3.05) is 5.32 Å². The zero-order valence-corrected chi connectivity index (χ0v) is 12.6. The minimum Gasteiger partial charge on any atom is -0.297 e. The molecule has 2 heterocycles. The van der Waals surface area contributed by atoms with Gasteiger partial charge in [0.2, 0.25) is 0 Å². The second-order valence-electron chi connectivity index (χ2n) is 4.34. The quantitative estimate of drug-likeness (QED) is 0.804. The Kier molecular flexibility index (Phi) is 3.72. The molecule has 0 aliphatic carbocycles. The molecule has 0 saturated heterocycles. The second-order valence-corrected chi connectivity index (χ2v) is 5.67. The topological polar surface area (TPSA) is 59.8 Å². The molecular formula is C14H11ClN4OS. The van der Waals surface area contributed by atoms with Crippen LogP contribution in [0.4, 0.5) is 5.13 Å². The van der Waals surface area contributed by atoms with Gasteiger partial charge in [-0.15, -0.1) is 11.3 Å². The van der Waals surface area contributed by atoms with Gasteiger partial charge in [-0.25, -0.2) is 4.98 Å². The van der Waals surface area contributed by atoms with Crippen molar-refractivity contribution < 1.29 is 4.79 Å². The van der Waals surface area contributed by atoms with Crippen LogP contribution in [0.5, 0.6) is 0 Å². The van der Waals surface area contributed by atoms with Gasteiger partial charge in [0.05, 0.1) is 5.69 Å². The molecule has 7 heteroatoms. The minimum absolute atomic E-state index is 0.236. The van der Waals surface area contributed by atoms with Crippen molar-refractivity contribution in [1.29, 1.82) is 0 Å². The molecule has 1 aromatic carbocycles. The molecule has 1 amide bonds. The smallest absolute Gasteiger partial charge is 0.275 e. The van der Waals surface area contributed by atoms with Crippen LogP contribution in [-0.2, 0) is 7.05 Å². The Balaban J connectivity index is 1.87. The van der Waals surface area contributed by atoms with E-state index >= 15 is 0 Å². The van der Waals surface area contributed by atoms with Gasteiger partial charge in [-0.05, 0) is 18.2 Å². The maximum atomic E-state index is 12.2. The molecule has 0 aliphatic heterocycles. The molecule has 0 bridgehead atoms. The number of aryl methyl sites for hydroxylation is 1. The van der Waals surface area contributed by atoms with Crippen LogP contribution in [0, 0.1) is 0 Å². The lowest BCUT2D eigenvalue weighted by Crippen LogP contribution is -2.15. The van der Waals surface area contributed by atoms with Crippen LogP contribution < -0.4 is 5.32 Å². The molecule has 3 aromatic rings. The molecule has 0 unspecified atom stereocenters. The van der Waals surface area contributed by atoms with E-state index in [0.29, 0.717) is 15.8 Å². The van der Waals surface area contributed by atoms with Gasteiger partial charge in [0, 0.05) is 29.2 Å². The molecule has 0 aliphatic rings. The Hall–Kier alpha value is -2.18. The van der Waals surface area contributed by atoms with Gasteiger partial charge < -0.3 is 0 Å². The van der Waals surface area contributed by atoms with Gasteiger partial charge in [0.25, 0.3) is 5.91 Å². The molecule has 0 saturated carbocycles. The number of carbonyl (C=O) groups excluding carboxylic acids is 1. The molecular weight excluding hydrogens is 308 g/mol. The lowest BCUT2D eigenvalue weighted by Gasteiger charge is -2.00. The van der Waals surface area contributed by atoms with E-state index in [4.69, 9.17) is 11.6 Å². The van der Waals surface area contributed by atoms with Gasteiger partial charge in [-0.1, -0.05) is 23.7 Å². The summed E-state index contributed by atoms with van der Waals surface area (Å²) in [6.07, 6.45) is 1.64. The maximum Gasteiger partial charge on any atom is 0.275 e. The van der Waals surface area contributed by atoms with Crippen molar-refractivity contribution in [2.45, 2.75) is 0 Å². The van der Waals surface area contributed by atoms with E-state index in [1.165, 1.54) is 11.3 Å². The number of rotatable bonds is 3. The highest BCUT2D eigenvalue weighted by Crippen LogP contribution is 2.21. The predicted molar refractivity (Wildman–Crippen MR) is 83.7 cm³/mol. The van der Waals surface area contributed by atoms with Crippen molar-refractivity contribution in [3.63, 3.8) is 0 Å². The summed E-state index contributed by atoms with van der Waals surface area (Å²) < 4.78 is 1.55. The first-order chi connectivity index (χ1) is 10.1. The number of amides is 1. The van der Waals surface area contributed by atoms with Crippen LogP contribution >= 0.6 is 22.9 Å². The number of hydrogen-bond donors (Lipinski definition) is 1. The summed E-state index contributed by atoms with van der Waals surface area (Å²) in [5.41, 5.74) is 2.09. The fourth-order valence-corrected chi connectivity index (χ4v) is 2.54. The standard InChI is InChI=1S/C14H11ClN4OS/c1-19-12(13(20)17-14-16-6-7-21-14)8-11(18-19)9-2-4-10(15)5-3-9/h2-8H,1H3,(H,16,17,20). The number of aromatic nitrogens is 3. The number of nitrogens with zero attached hydrogens (tertiary/aromatic N) is 3. The van der Waals surface area contributed by atoms with Crippen molar-refractivity contribution in [3.8, 4) is 11.3 Å². The number of hydrogen-bond acceptors (Lipinski definition) is 4. The molecule has 5 nitrogen and oxygen atoms in total. The SMILES string of the molecule is Cn1nc(-c2ccc(Cl)cc2)cc1C(=O)Nc1nccs1. The fourth-order valence-electron chi connectivity index (χ4n) is 1.89. The summed E-state index contributed by atoms with van der Waals surface area (Å²) in [6, 6.07) is 9.06. The Bertz CT molecular complexity index is 765. The zero-order valence-electron chi connectivity index (χ0n) is 11.1. The van der Waals surface area contributed by atoms with E-state index in [1.807, 2.05) is 12.1 Å². The number of halogens is 1. The van der Waals surface area contributed by atoms with Crippen LogP contribution in [0.3, 0.4) is 0 Å². The Morgan fingerprint density at radius 2 is 2.10 bits per heavy atom. The second kappa shape index (κ2) is 5.67. The van der Waals surface area contributed by atoms with Crippen molar-refractivity contribution in [2.24, 2.45) is 7.05 Å². The molecule has 0 fully saturated rings. The molecule has 106 valence electrons. The molecule has 3 rings (SSSR count). The first kappa shape index (κ1) is 13.8. The lowest BCUT2D eigenvalue weighted by molar-refractivity contribution is 0.101. The largest absolute Gasteiger partial charge is 0.297 e. The Morgan fingerprint density at radius 1 is 1.33 bits per heavy atom. The third-order valence-corrected chi connectivity index (χ3v) is 3.85. The number of carbonyl (C=O) groups is 1. The molecule has 21 heavy (non-hydrogen) atoms. The normalized spacial score (nSPS) is 10.6. The number of nitrogens with one attached hydrogen (secondary N) is 1. The summed E-state index contributed by atoms with van der Waals surface area (Å²) in [5, 5.41) is 10.1. The van der Waals surface area contributed by atoms with Crippen LogP contribution in [-0.4, -0.2) is 20.7 Å². The van der Waals surface area contributed by atoms with Gasteiger partial charge in [-0.2, -0.15) is 5.10 Å². The zero-order chi connectivity index (χ0) is 14.8. The number of benzene rings is 1. The van der Waals surface area contributed by atoms with Crippen LogP contribution in [0.25, 0.3) is 11.3 Å². The average molecular weight is 319 g/mol. The maximum absolute atomic E-state index is 12.2. The average Bonchev–Trinajstić information content (AvgIpc) is 3.09. The lowest BCUT2D eigenvalue weighted by atomic mass is 10.1. The van der Waals surface area contributed by atoms with Crippen molar-refractivity contribution >= 4 is 34.0 Å². The highest BCUT2D eigenvalue weighted by atomic mass is 35.5. The van der Waals surface area contributed by atoms with Gasteiger partial charge >= 0.3 is 0 Å². The van der Waals surface area contributed by atoms with E-state index in [0.717, 1.165) is 11.3 Å². The molecule has 1 N–H and O–H groups in total. The molecule has 2 aromatic heterocycles. The van der Waals surface area contributed by atoms with Gasteiger partial charge in [-0.3, -0.25) is 14.8 Å². The first-order valence-corrected chi connectivity index (χ1v) is 7.40. The molecule has 0 spiro atoms. The summed E-state index contributed by atoms with van der Waals surface area (Å²) in [4.78, 5) is 16.2. The van der Waals surface area contributed by atoms with Gasteiger partial charge in [0.15, 0.2) is 5.13 Å². The minimum atomic E-state index is -0.236. The highest BCUT2D eigenvalue weighted by Gasteiger charge is 2.15. The number of anilines is 1. The Morgan fingerprint density at radius 3 is 2.76 bits per heavy atom. The Labute approximate surface area is 130 Å². The van der Waals surface area contributed by atoms with E-state index in [9.17, 15) is 4.79 Å². The van der Waals surface area contributed by atoms with E-state index < -0.39 is 0 Å². The van der Waals surface area contributed by atoms with E-state index in [1.54, 1.807) is 41.5 Å². The summed E-state index contributed by atoms with van der Waals surface area (Å²) in [6.45, 7) is 0. The van der Waals surface area contributed by atoms with Gasteiger partial charge in [0.1, 0.15) is 5.69 Å². The third kappa shape index (κ3) is 2.96. The predicted octanol–water partition coefficient (Wildman–Crippen LogP) is 3.45. The molecule has 0 radical (unpaired) electrons.